The summed E-state index contributed by atoms with van der Waals surface area (Å²) in [5.41, 5.74) is 5.22. The summed E-state index contributed by atoms with van der Waals surface area (Å²) in [5, 5.41) is 0.495. The van der Waals surface area contributed by atoms with Gasteiger partial charge < -0.3 is 14.7 Å². The van der Waals surface area contributed by atoms with Crippen molar-refractivity contribution in [2.45, 2.75) is 57.0 Å². The Hall–Kier alpha value is -3.38. The van der Waals surface area contributed by atoms with E-state index in [1.165, 1.54) is 17.7 Å². The van der Waals surface area contributed by atoms with Gasteiger partial charge in [-0.05, 0) is 97.9 Å². The van der Waals surface area contributed by atoms with Gasteiger partial charge in [0.2, 0.25) is 0 Å². The van der Waals surface area contributed by atoms with Crippen LogP contribution in [-0.4, -0.2) is 58.8 Å². The Morgan fingerprint density at radius 3 is 2.42 bits per heavy atom. The van der Waals surface area contributed by atoms with Crippen molar-refractivity contribution in [2.75, 3.05) is 31.1 Å². The van der Waals surface area contributed by atoms with Crippen molar-refractivity contribution in [3.8, 4) is 0 Å². The Labute approximate surface area is 240 Å². The summed E-state index contributed by atoms with van der Waals surface area (Å²) < 4.78 is 0. The molecule has 2 aliphatic carbocycles. The molecule has 2 aliphatic heterocycles. The molecular weight excluding hydrogens is 520 g/mol. The molecule has 1 aromatic heterocycles. The van der Waals surface area contributed by atoms with Crippen molar-refractivity contribution in [1.29, 1.82) is 0 Å². The topological polar surface area (TPSA) is 56.8 Å². The third-order valence-electron chi connectivity index (χ3n) is 9.63. The van der Waals surface area contributed by atoms with Gasteiger partial charge in [-0.2, -0.15) is 0 Å². The van der Waals surface area contributed by atoms with Crippen LogP contribution in [0.3, 0.4) is 0 Å². The van der Waals surface area contributed by atoms with Crippen LogP contribution in [0.5, 0.6) is 0 Å². The van der Waals surface area contributed by atoms with E-state index < -0.39 is 0 Å². The van der Waals surface area contributed by atoms with Crippen LogP contribution in [0.25, 0.3) is 0 Å². The van der Waals surface area contributed by atoms with Crippen LogP contribution in [0, 0.1) is 5.41 Å². The number of aromatic nitrogens is 1. The van der Waals surface area contributed by atoms with Crippen LogP contribution >= 0.6 is 11.6 Å². The molecule has 2 amide bonds. The number of rotatable bonds is 5. The van der Waals surface area contributed by atoms with Crippen LogP contribution in [0.15, 0.2) is 67.0 Å². The average molecular weight is 555 g/mol. The largest absolute Gasteiger partial charge is 0.371 e. The van der Waals surface area contributed by atoms with Crippen molar-refractivity contribution >= 4 is 29.1 Å². The van der Waals surface area contributed by atoms with Gasteiger partial charge in [0.15, 0.2) is 0 Å². The van der Waals surface area contributed by atoms with E-state index in [4.69, 9.17) is 11.6 Å². The first-order valence-electron chi connectivity index (χ1n) is 14.7. The molecule has 0 N–H and O–H groups in total. The minimum atomic E-state index is -0.0127. The highest BCUT2D eigenvalue weighted by Gasteiger charge is 2.43. The fourth-order valence-electron chi connectivity index (χ4n) is 7.18. The second-order valence-corrected chi connectivity index (χ2v) is 12.5. The standard InChI is InChI=1S/C33H35ClN4O2/c34-29-4-2-1-3-27(29)32(40)38(26-8-9-26)30-10-7-23-5-6-24(21-28(23)30)31(39)36-18-13-33(14-19-36)15-20-37(22-33)25-11-16-35-17-12-25/h1-6,11-12,16-17,21,26,30H,7-10,13-15,18-20,22H2. The van der Waals surface area contributed by atoms with Crippen molar-refractivity contribution in [2.24, 2.45) is 5.41 Å². The number of benzene rings is 2. The van der Waals surface area contributed by atoms with Gasteiger partial charge in [0.1, 0.15) is 0 Å². The highest BCUT2D eigenvalue weighted by molar-refractivity contribution is 6.33. The molecule has 1 unspecified atom stereocenters. The summed E-state index contributed by atoms with van der Waals surface area (Å²) in [6.07, 6.45) is 10.8. The van der Waals surface area contributed by atoms with Crippen molar-refractivity contribution in [1.82, 2.24) is 14.8 Å². The third kappa shape index (κ3) is 4.66. The number of anilines is 1. The number of piperidine rings is 1. The molecule has 0 bridgehead atoms. The number of fused-ring (bicyclic) bond motifs is 1. The molecule has 40 heavy (non-hydrogen) atoms. The molecule has 206 valence electrons. The Balaban J connectivity index is 1.06. The quantitative estimate of drug-likeness (QED) is 0.379. The van der Waals surface area contributed by atoms with E-state index in [1.807, 2.05) is 41.6 Å². The Kier molecular flexibility index (Phi) is 6.54. The number of hydrogen-bond acceptors (Lipinski definition) is 4. The average Bonchev–Trinajstić information content (AvgIpc) is 3.61. The fraction of sp³-hybridized carbons (Fsp3) is 0.424. The first kappa shape index (κ1) is 25.6. The van der Waals surface area contributed by atoms with Gasteiger partial charge >= 0.3 is 0 Å². The number of likely N-dealkylation sites (tertiary alicyclic amines) is 1. The molecule has 4 aliphatic rings. The predicted octanol–water partition coefficient (Wildman–Crippen LogP) is 6.16. The van der Waals surface area contributed by atoms with E-state index in [9.17, 15) is 9.59 Å². The van der Waals surface area contributed by atoms with E-state index in [0.717, 1.165) is 75.8 Å². The summed E-state index contributed by atoms with van der Waals surface area (Å²) in [7, 11) is 0. The second kappa shape index (κ2) is 10.2. The predicted molar refractivity (Wildman–Crippen MR) is 157 cm³/mol. The number of amides is 2. The zero-order valence-corrected chi connectivity index (χ0v) is 23.5. The molecule has 3 fully saturated rings. The summed E-state index contributed by atoms with van der Waals surface area (Å²) in [5.74, 6) is 0.115. The zero-order valence-electron chi connectivity index (χ0n) is 22.8. The van der Waals surface area contributed by atoms with Crippen LogP contribution in [0.4, 0.5) is 5.69 Å². The van der Waals surface area contributed by atoms with Gasteiger partial charge in [-0.25, -0.2) is 0 Å². The van der Waals surface area contributed by atoms with E-state index in [0.29, 0.717) is 10.6 Å². The Morgan fingerprint density at radius 1 is 0.925 bits per heavy atom. The lowest BCUT2D eigenvalue weighted by Gasteiger charge is -2.39. The molecule has 1 spiro atoms. The highest BCUT2D eigenvalue weighted by Crippen LogP contribution is 2.44. The lowest BCUT2D eigenvalue weighted by Crippen LogP contribution is -2.44. The number of carbonyl (C=O) groups is 2. The lowest BCUT2D eigenvalue weighted by atomic mass is 9.77. The van der Waals surface area contributed by atoms with Gasteiger partial charge in [0.25, 0.3) is 11.8 Å². The van der Waals surface area contributed by atoms with Crippen molar-refractivity contribution in [3.63, 3.8) is 0 Å². The van der Waals surface area contributed by atoms with Crippen molar-refractivity contribution in [3.05, 3.63) is 94.3 Å². The monoisotopic (exact) mass is 554 g/mol. The summed E-state index contributed by atoms with van der Waals surface area (Å²) >= 11 is 6.43. The SMILES string of the molecule is O=C(c1ccc2c(c1)C(N(C(=O)c1ccccc1Cl)C1CC1)CC2)N1CCC2(CC1)CCN(c1ccncc1)C2. The first-order valence-corrected chi connectivity index (χ1v) is 15.0. The summed E-state index contributed by atoms with van der Waals surface area (Å²) in [4.78, 5) is 38.2. The summed E-state index contributed by atoms with van der Waals surface area (Å²) in [6, 6.07) is 17.9. The normalized spacial score (nSPS) is 21.5. The van der Waals surface area contributed by atoms with E-state index in [-0.39, 0.29) is 29.3 Å². The van der Waals surface area contributed by atoms with Crippen LogP contribution in [-0.2, 0) is 6.42 Å². The number of pyridine rings is 1. The molecule has 7 rings (SSSR count). The van der Waals surface area contributed by atoms with Gasteiger partial charge in [0.05, 0.1) is 16.6 Å². The number of nitrogens with zero attached hydrogens (tertiary/aromatic N) is 4. The first-order chi connectivity index (χ1) is 19.5. The molecule has 0 radical (unpaired) electrons. The van der Waals surface area contributed by atoms with Gasteiger partial charge in [-0.15, -0.1) is 0 Å². The Bertz CT molecular complexity index is 1430. The zero-order chi connectivity index (χ0) is 27.3. The number of hydrogen-bond donors (Lipinski definition) is 0. The number of halogens is 1. The van der Waals surface area contributed by atoms with Crippen LogP contribution < -0.4 is 4.90 Å². The molecule has 2 saturated heterocycles. The van der Waals surface area contributed by atoms with E-state index in [1.54, 1.807) is 6.07 Å². The van der Waals surface area contributed by atoms with Crippen molar-refractivity contribution < 1.29 is 9.59 Å². The molecular formula is C33H35ClN4O2. The van der Waals surface area contributed by atoms with Crippen LogP contribution in [0.1, 0.15) is 76.4 Å². The van der Waals surface area contributed by atoms with Crippen LogP contribution in [0.2, 0.25) is 5.02 Å². The third-order valence-corrected chi connectivity index (χ3v) is 9.96. The van der Waals surface area contributed by atoms with Gasteiger partial charge in [0, 0.05) is 55.9 Å². The minimum absolute atomic E-state index is 0.00128. The molecule has 1 saturated carbocycles. The minimum Gasteiger partial charge on any atom is -0.371 e. The molecule has 3 heterocycles. The smallest absolute Gasteiger partial charge is 0.256 e. The van der Waals surface area contributed by atoms with Gasteiger partial charge in [-0.3, -0.25) is 14.6 Å². The number of carbonyl (C=O) groups excluding carboxylic acids is 2. The second-order valence-electron chi connectivity index (χ2n) is 12.1. The molecule has 6 nitrogen and oxygen atoms in total. The lowest BCUT2D eigenvalue weighted by molar-refractivity contribution is 0.0610. The molecule has 2 aromatic carbocycles. The highest BCUT2D eigenvalue weighted by atomic mass is 35.5. The Morgan fingerprint density at radius 2 is 1.68 bits per heavy atom. The molecule has 7 heteroatoms. The maximum absolute atomic E-state index is 13.7. The van der Waals surface area contributed by atoms with E-state index >= 15 is 0 Å². The van der Waals surface area contributed by atoms with E-state index in [2.05, 4.69) is 39.0 Å². The molecule has 1 atom stereocenters. The van der Waals surface area contributed by atoms with Gasteiger partial charge in [-0.1, -0.05) is 29.8 Å². The fourth-order valence-corrected chi connectivity index (χ4v) is 7.39. The number of aryl methyl sites for hydroxylation is 1. The maximum Gasteiger partial charge on any atom is 0.256 e. The maximum atomic E-state index is 13.7. The molecule has 3 aromatic rings. The summed E-state index contributed by atoms with van der Waals surface area (Å²) in [6.45, 7) is 3.70.